The van der Waals surface area contributed by atoms with E-state index in [4.69, 9.17) is 4.74 Å². The quantitative estimate of drug-likeness (QED) is 0.652. The number of halogens is 1. The van der Waals surface area contributed by atoms with Crippen molar-refractivity contribution in [2.24, 2.45) is 5.92 Å². The van der Waals surface area contributed by atoms with E-state index in [0.717, 1.165) is 21.4 Å². The van der Waals surface area contributed by atoms with E-state index in [-0.39, 0.29) is 11.9 Å². The number of hydrogen-bond acceptors (Lipinski definition) is 3. The van der Waals surface area contributed by atoms with E-state index in [1.54, 1.807) is 6.33 Å². The Bertz CT molecular complexity index is 621. The lowest BCUT2D eigenvalue weighted by Crippen LogP contribution is -2.07. The van der Waals surface area contributed by atoms with E-state index >= 15 is 0 Å². The molecule has 104 valence electrons. The summed E-state index contributed by atoms with van der Waals surface area (Å²) in [5.41, 5.74) is 3.26. The first-order valence-electron chi connectivity index (χ1n) is 6.66. The Morgan fingerprint density at radius 1 is 1.45 bits per heavy atom. The maximum absolute atomic E-state index is 11.7. The second-order valence-corrected chi connectivity index (χ2v) is 5.97. The van der Waals surface area contributed by atoms with Gasteiger partial charge in [-0.1, -0.05) is 24.3 Å². The minimum atomic E-state index is -0.0663. The van der Waals surface area contributed by atoms with Gasteiger partial charge in [0.25, 0.3) is 0 Å². The number of nitrogens with zero attached hydrogens (tertiary/aromatic N) is 1. The summed E-state index contributed by atoms with van der Waals surface area (Å²) in [6, 6.07) is 8.30. The number of hydrogen-bond donors (Lipinski definition) is 1. The summed E-state index contributed by atoms with van der Waals surface area (Å²) in [6.45, 7) is 2.30. The summed E-state index contributed by atoms with van der Waals surface area (Å²) in [4.78, 5) is 19.0. The summed E-state index contributed by atoms with van der Waals surface area (Å²) in [5.74, 6) is 0.302. The van der Waals surface area contributed by atoms with Crippen molar-refractivity contribution in [2.45, 2.75) is 19.3 Å². The molecule has 4 nitrogen and oxygen atoms in total. The Morgan fingerprint density at radius 3 is 2.80 bits per heavy atom. The molecule has 0 unspecified atom stereocenters. The molecule has 20 heavy (non-hydrogen) atoms. The molecule has 1 aromatic heterocycles. The first-order chi connectivity index (χ1) is 9.70. The van der Waals surface area contributed by atoms with Crippen LogP contribution in [0.1, 0.15) is 24.8 Å². The summed E-state index contributed by atoms with van der Waals surface area (Å²) >= 11 is 2.24. The van der Waals surface area contributed by atoms with Gasteiger partial charge in [-0.05, 0) is 47.4 Å². The van der Waals surface area contributed by atoms with Gasteiger partial charge in [0.05, 0.1) is 18.9 Å². The van der Waals surface area contributed by atoms with Crippen molar-refractivity contribution in [2.75, 3.05) is 6.61 Å². The molecule has 1 fully saturated rings. The van der Waals surface area contributed by atoms with Gasteiger partial charge in [0.2, 0.25) is 0 Å². The maximum Gasteiger partial charge on any atom is 0.309 e. The van der Waals surface area contributed by atoms with Crippen LogP contribution in [0.5, 0.6) is 0 Å². The third-order valence-corrected chi connectivity index (χ3v) is 4.41. The molecule has 2 aromatic rings. The van der Waals surface area contributed by atoms with Gasteiger partial charge in [-0.25, -0.2) is 4.98 Å². The number of nitrogens with one attached hydrogen (secondary N) is 1. The highest BCUT2D eigenvalue weighted by molar-refractivity contribution is 14.1. The van der Waals surface area contributed by atoms with Gasteiger partial charge in [-0.3, -0.25) is 4.79 Å². The van der Waals surface area contributed by atoms with Crippen molar-refractivity contribution in [1.29, 1.82) is 0 Å². The lowest BCUT2D eigenvalue weighted by Gasteiger charge is -2.03. The summed E-state index contributed by atoms with van der Waals surface area (Å²) < 4.78 is 6.10. The Hall–Kier alpha value is -1.37. The number of ether oxygens (including phenoxy) is 1. The zero-order chi connectivity index (χ0) is 14.1. The van der Waals surface area contributed by atoms with Gasteiger partial charge in [0, 0.05) is 5.56 Å². The fraction of sp³-hybridized carbons (Fsp3) is 0.333. The predicted molar refractivity (Wildman–Crippen MR) is 84.2 cm³/mol. The van der Waals surface area contributed by atoms with Crippen LogP contribution < -0.4 is 0 Å². The van der Waals surface area contributed by atoms with Crippen LogP contribution in [0.4, 0.5) is 0 Å². The highest BCUT2D eigenvalue weighted by Gasteiger charge is 2.45. The van der Waals surface area contributed by atoms with Gasteiger partial charge >= 0.3 is 5.97 Å². The van der Waals surface area contributed by atoms with Crippen molar-refractivity contribution >= 4 is 28.6 Å². The maximum atomic E-state index is 11.7. The molecule has 1 aromatic carbocycles. The van der Waals surface area contributed by atoms with Gasteiger partial charge in [-0.15, -0.1) is 0 Å². The number of carbonyl (C=O) groups is 1. The zero-order valence-corrected chi connectivity index (χ0v) is 13.3. The minimum absolute atomic E-state index is 0.0475. The largest absolute Gasteiger partial charge is 0.466 e. The van der Waals surface area contributed by atoms with Crippen LogP contribution in [0.3, 0.4) is 0 Å². The van der Waals surface area contributed by atoms with Gasteiger partial charge in [0.1, 0.15) is 9.39 Å². The van der Waals surface area contributed by atoms with E-state index in [1.807, 2.05) is 6.92 Å². The summed E-state index contributed by atoms with van der Waals surface area (Å²) in [6.07, 6.45) is 2.60. The molecule has 0 bridgehead atoms. The van der Waals surface area contributed by atoms with Gasteiger partial charge < -0.3 is 9.72 Å². The Labute approximate surface area is 131 Å². The second kappa shape index (κ2) is 5.55. The van der Waals surface area contributed by atoms with E-state index < -0.39 is 0 Å². The van der Waals surface area contributed by atoms with E-state index in [0.29, 0.717) is 12.5 Å². The molecule has 0 amide bonds. The number of rotatable bonds is 4. The SMILES string of the molecule is CCOC(=O)[C@@H]1C[C@@H]1c1ccc(-c2nc[nH]c2I)cc1. The molecule has 0 radical (unpaired) electrons. The number of aromatic nitrogens is 2. The van der Waals surface area contributed by atoms with Crippen molar-refractivity contribution in [3.63, 3.8) is 0 Å². The Kier molecular flexibility index (Phi) is 3.78. The average molecular weight is 382 g/mol. The van der Waals surface area contributed by atoms with Crippen molar-refractivity contribution < 1.29 is 9.53 Å². The zero-order valence-electron chi connectivity index (χ0n) is 11.1. The first-order valence-corrected chi connectivity index (χ1v) is 7.74. The predicted octanol–water partition coefficient (Wildman–Crippen LogP) is 3.35. The molecule has 1 saturated carbocycles. The highest BCUT2D eigenvalue weighted by Crippen LogP contribution is 2.48. The number of carbonyl (C=O) groups excluding carboxylic acids is 1. The van der Waals surface area contributed by atoms with Crippen LogP contribution in [0, 0.1) is 9.62 Å². The molecule has 1 aliphatic rings. The molecule has 0 aliphatic heterocycles. The topological polar surface area (TPSA) is 55.0 Å². The van der Waals surface area contributed by atoms with Crippen LogP contribution in [0.25, 0.3) is 11.3 Å². The average Bonchev–Trinajstić information content (AvgIpc) is 3.15. The van der Waals surface area contributed by atoms with Crippen LogP contribution >= 0.6 is 22.6 Å². The third-order valence-electron chi connectivity index (χ3n) is 3.58. The molecule has 3 rings (SSSR count). The van der Waals surface area contributed by atoms with E-state index in [2.05, 4.69) is 56.8 Å². The molecule has 0 spiro atoms. The van der Waals surface area contributed by atoms with Crippen molar-refractivity contribution in [1.82, 2.24) is 9.97 Å². The second-order valence-electron chi connectivity index (χ2n) is 4.89. The van der Waals surface area contributed by atoms with E-state index in [9.17, 15) is 4.79 Å². The molecular weight excluding hydrogens is 367 g/mol. The fourth-order valence-electron chi connectivity index (χ4n) is 2.44. The Morgan fingerprint density at radius 2 is 2.20 bits per heavy atom. The van der Waals surface area contributed by atoms with Crippen LogP contribution in [0.15, 0.2) is 30.6 Å². The first kappa shape index (κ1) is 13.6. The number of H-pyrrole nitrogens is 1. The Balaban J connectivity index is 1.72. The van der Waals surface area contributed by atoms with Crippen LogP contribution in [-0.2, 0) is 9.53 Å². The smallest absolute Gasteiger partial charge is 0.309 e. The van der Waals surface area contributed by atoms with Gasteiger partial charge in [0.15, 0.2) is 0 Å². The molecule has 1 aliphatic carbocycles. The minimum Gasteiger partial charge on any atom is -0.466 e. The molecule has 0 saturated heterocycles. The summed E-state index contributed by atoms with van der Waals surface area (Å²) in [7, 11) is 0. The highest BCUT2D eigenvalue weighted by atomic mass is 127. The molecular formula is C15H15IN2O2. The summed E-state index contributed by atoms with van der Waals surface area (Å²) in [5, 5.41) is 0. The van der Waals surface area contributed by atoms with Crippen molar-refractivity contribution in [3.05, 3.63) is 39.9 Å². The molecule has 1 heterocycles. The molecule has 2 atom stereocenters. The number of benzene rings is 1. The van der Waals surface area contributed by atoms with E-state index in [1.165, 1.54) is 5.56 Å². The fourth-order valence-corrected chi connectivity index (χ4v) is 3.03. The monoisotopic (exact) mass is 382 g/mol. The standard InChI is InChI=1S/C15H15IN2O2/c1-2-20-15(19)12-7-11(12)9-3-5-10(6-4-9)13-14(16)18-8-17-13/h3-6,8,11-12H,2,7H2,1H3,(H,17,18)/t11-,12-/m1/s1. The lowest BCUT2D eigenvalue weighted by molar-refractivity contribution is -0.144. The number of imidazole rings is 1. The molecule has 5 heteroatoms. The normalized spacial score (nSPS) is 20.7. The number of esters is 1. The van der Waals surface area contributed by atoms with Crippen LogP contribution in [0.2, 0.25) is 0 Å². The van der Waals surface area contributed by atoms with Crippen LogP contribution in [-0.4, -0.2) is 22.5 Å². The third kappa shape index (κ3) is 2.59. The molecule has 1 N–H and O–H groups in total. The van der Waals surface area contributed by atoms with Gasteiger partial charge in [-0.2, -0.15) is 0 Å². The number of aromatic amines is 1. The van der Waals surface area contributed by atoms with Crippen molar-refractivity contribution in [3.8, 4) is 11.3 Å². The lowest BCUT2D eigenvalue weighted by atomic mass is 10.1.